The lowest BCUT2D eigenvalue weighted by atomic mass is 10.0. The summed E-state index contributed by atoms with van der Waals surface area (Å²) in [6.45, 7) is 1.62. The summed E-state index contributed by atoms with van der Waals surface area (Å²) in [4.78, 5) is 12.6. The van der Waals surface area contributed by atoms with Gasteiger partial charge in [-0.3, -0.25) is 9.35 Å². The number of phenols is 1. The van der Waals surface area contributed by atoms with Crippen molar-refractivity contribution in [3.8, 4) is 11.5 Å². The summed E-state index contributed by atoms with van der Waals surface area (Å²) < 4.78 is 38.5. The van der Waals surface area contributed by atoms with Crippen LogP contribution in [0.15, 0.2) is 75.8 Å². The molecule has 0 aliphatic heterocycles. The third-order valence-corrected chi connectivity index (χ3v) is 6.89. The van der Waals surface area contributed by atoms with E-state index in [1.54, 1.807) is 43.3 Å². The largest absolute Gasteiger partial charge is 0.505 e. The van der Waals surface area contributed by atoms with Gasteiger partial charge in [-0.2, -0.15) is 8.42 Å². The van der Waals surface area contributed by atoms with Crippen LogP contribution in [0.5, 0.6) is 11.5 Å². The number of methoxy groups -OCH3 is 1. The van der Waals surface area contributed by atoms with Crippen LogP contribution >= 0.6 is 23.2 Å². The van der Waals surface area contributed by atoms with Gasteiger partial charge in [-0.1, -0.05) is 47.5 Å². The fourth-order valence-corrected chi connectivity index (χ4v) is 4.66. The molecule has 0 bridgehead atoms. The number of nitrogens with zero attached hydrogens (tertiary/aromatic N) is 2. The number of halogens is 2. The van der Waals surface area contributed by atoms with Gasteiger partial charge in [0, 0.05) is 27.2 Å². The number of benzene rings is 4. The highest BCUT2D eigenvalue weighted by Gasteiger charge is 2.21. The molecule has 0 aliphatic carbocycles. The standard InChI is InChI=1S/C25H19Cl2N3O6S/c1-13-7-21(22(12-20(13)27)37(33,34)35)29-30-23-18-6-4-3-5-14(18)8-19(24(23)31)25(32)28-16-9-15(26)10-17(11-16)36-2/h3-12,31H,1-2H3,(H,28,32)(H,33,34,35). The Labute approximate surface area is 222 Å². The van der Waals surface area contributed by atoms with Gasteiger partial charge in [-0.25, -0.2) is 0 Å². The van der Waals surface area contributed by atoms with Crippen LogP contribution in [0, 0.1) is 6.92 Å². The number of phenolic OH excluding ortho intramolecular Hbond substituents is 1. The van der Waals surface area contributed by atoms with Gasteiger partial charge in [0.05, 0.1) is 12.7 Å². The number of rotatable bonds is 6. The Morgan fingerprint density at radius 1 is 1.03 bits per heavy atom. The molecule has 0 saturated carbocycles. The molecule has 0 spiro atoms. The summed E-state index contributed by atoms with van der Waals surface area (Å²) in [5.41, 5.74) is 0.421. The number of azo groups is 1. The minimum atomic E-state index is -4.68. The highest BCUT2D eigenvalue weighted by atomic mass is 35.5. The Kier molecular flexibility index (Phi) is 7.37. The summed E-state index contributed by atoms with van der Waals surface area (Å²) in [6, 6.07) is 15.3. The fourth-order valence-electron chi connectivity index (χ4n) is 3.58. The minimum absolute atomic E-state index is 0.0826. The summed E-state index contributed by atoms with van der Waals surface area (Å²) in [5, 5.41) is 23.2. The molecule has 0 heterocycles. The number of carbonyl (C=O) groups excluding carboxylic acids is 1. The molecule has 9 nitrogen and oxygen atoms in total. The van der Waals surface area contributed by atoms with Crippen molar-refractivity contribution in [3.05, 3.63) is 81.8 Å². The molecule has 0 radical (unpaired) electrons. The fraction of sp³-hybridized carbons (Fsp3) is 0.0800. The van der Waals surface area contributed by atoms with E-state index in [2.05, 4.69) is 15.5 Å². The van der Waals surface area contributed by atoms with Crippen LogP contribution in [-0.2, 0) is 10.1 Å². The molecular formula is C25H19Cl2N3O6S. The summed E-state index contributed by atoms with van der Waals surface area (Å²) in [5.74, 6) is -0.731. The van der Waals surface area contributed by atoms with Crippen molar-refractivity contribution >= 4 is 67.1 Å². The Hall–Kier alpha value is -3.70. The van der Waals surface area contributed by atoms with E-state index in [0.29, 0.717) is 32.8 Å². The molecule has 0 aromatic heterocycles. The molecule has 3 N–H and O–H groups in total. The molecular weight excluding hydrogens is 541 g/mol. The second-order valence-electron chi connectivity index (χ2n) is 7.92. The van der Waals surface area contributed by atoms with Crippen molar-refractivity contribution in [2.24, 2.45) is 10.2 Å². The predicted octanol–water partition coefficient (Wildman–Crippen LogP) is 7.08. The molecule has 37 heavy (non-hydrogen) atoms. The van der Waals surface area contributed by atoms with Crippen molar-refractivity contribution in [2.45, 2.75) is 11.8 Å². The number of aryl methyl sites for hydroxylation is 1. The number of nitrogens with one attached hydrogen (secondary N) is 1. The lowest BCUT2D eigenvalue weighted by molar-refractivity contribution is 0.102. The maximum Gasteiger partial charge on any atom is 0.296 e. The van der Waals surface area contributed by atoms with E-state index in [1.165, 1.54) is 25.3 Å². The van der Waals surface area contributed by atoms with Crippen LogP contribution in [0.3, 0.4) is 0 Å². The first-order chi connectivity index (χ1) is 17.5. The molecule has 0 unspecified atom stereocenters. The first-order valence-electron chi connectivity index (χ1n) is 10.6. The van der Waals surface area contributed by atoms with Crippen LogP contribution in [-0.4, -0.2) is 31.1 Å². The van der Waals surface area contributed by atoms with Gasteiger partial charge in [0.25, 0.3) is 16.0 Å². The maximum atomic E-state index is 13.1. The highest BCUT2D eigenvalue weighted by molar-refractivity contribution is 7.86. The molecule has 190 valence electrons. The molecule has 1 amide bonds. The number of hydrogen-bond donors (Lipinski definition) is 3. The molecule has 0 fully saturated rings. The van der Waals surface area contributed by atoms with Gasteiger partial charge in [0.1, 0.15) is 22.0 Å². The topological polar surface area (TPSA) is 138 Å². The van der Waals surface area contributed by atoms with Crippen molar-refractivity contribution in [1.82, 2.24) is 0 Å². The number of amides is 1. The summed E-state index contributed by atoms with van der Waals surface area (Å²) in [6.07, 6.45) is 0. The lowest BCUT2D eigenvalue weighted by Gasteiger charge is -2.12. The molecule has 0 saturated heterocycles. The van der Waals surface area contributed by atoms with Crippen molar-refractivity contribution in [1.29, 1.82) is 0 Å². The zero-order valence-electron chi connectivity index (χ0n) is 19.4. The zero-order chi connectivity index (χ0) is 26.9. The Morgan fingerprint density at radius 3 is 2.46 bits per heavy atom. The zero-order valence-corrected chi connectivity index (χ0v) is 21.7. The minimum Gasteiger partial charge on any atom is -0.505 e. The van der Waals surface area contributed by atoms with E-state index < -0.39 is 26.7 Å². The highest BCUT2D eigenvalue weighted by Crippen LogP contribution is 2.41. The van der Waals surface area contributed by atoms with E-state index in [1.807, 2.05) is 0 Å². The second kappa shape index (κ2) is 10.3. The number of fused-ring (bicyclic) bond motifs is 1. The first-order valence-corrected chi connectivity index (χ1v) is 12.8. The normalized spacial score (nSPS) is 11.7. The van der Waals surface area contributed by atoms with Gasteiger partial charge < -0.3 is 15.2 Å². The number of aromatic hydroxyl groups is 1. The van der Waals surface area contributed by atoms with Crippen LogP contribution < -0.4 is 10.1 Å². The number of hydrogen-bond acceptors (Lipinski definition) is 7. The van der Waals surface area contributed by atoms with E-state index >= 15 is 0 Å². The van der Waals surface area contributed by atoms with Gasteiger partial charge in [-0.15, -0.1) is 10.2 Å². The summed E-state index contributed by atoms with van der Waals surface area (Å²) in [7, 11) is -3.22. The lowest BCUT2D eigenvalue weighted by Crippen LogP contribution is -2.12. The van der Waals surface area contributed by atoms with E-state index in [-0.39, 0.29) is 22.0 Å². The van der Waals surface area contributed by atoms with Gasteiger partial charge in [0.15, 0.2) is 5.75 Å². The Morgan fingerprint density at radius 2 is 1.76 bits per heavy atom. The van der Waals surface area contributed by atoms with Crippen LogP contribution in [0.4, 0.5) is 17.1 Å². The van der Waals surface area contributed by atoms with Crippen molar-refractivity contribution in [3.63, 3.8) is 0 Å². The van der Waals surface area contributed by atoms with Crippen LogP contribution in [0.1, 0.15) is 15.9 Å². The Balaban J connectivity index is 1.83. The van der Waals surface area contributed by atoms with Gasteiger partial charge in [0.2, 0.25) is 0 Å². The van der Waals surface area contributed by atoms with Crippen molar-refractivity contribution < 1.29 is 27.6 Å². The average Bonchev–Trinajstić information content (AvgIpc) is 2.83. The molecule has 4 aromatic rings. The average molecular weight is 560 g/mol. The molecule has 0 atom stereocenters. The third-order valence-electron chi connectivity index (χ3n) is 5.38. The maximum absolute atomic E-state index is 13.1. The second-order valence-corrected chi connectivity index (χ2v) is 10.2. The van der Waals surface area contributed by atoms with Crippen molar-refractivity contribution in [2.75, 3.05) is 12.4 Å². The molecule has 4 aromatic carbocycles. The number of carbonyl (C=O) groups is 1. The molecule has 12 heteroatoms. The number of ether oxygens (including phenoxy) is 1. The third kappa shape index (κ3) is 5.67. The van der Waals surface area contributed by atoms with E-state index in [0.717, 1.165) is 6.07 Å². The smallest absolute Gasteiger partial charge is 0.296 e. The SMILES string of the molecule is COc1cc(Cl)cc(NC(=O)c2cc3ccccc3c(N=Nc3cc(C)c(Cl)cc3S(=O)(=O)O)c2O)c1. The van der Waals surface area contributed by atoms with Gasteiger partial charge in [-0.05, 0) is 48.2 Å². The van der Waals surface area contributed by atoms with E-state index in [9.17, 15) is 22.9 Å². The molecule has 0 aliphatic rings. The van der Waals surface area contributed by atoms with Crippen LogP contribution in [0.2, 0.25) is 10.0 Å². The first kappa shape index (κ1) is 26.4. The predicted molar refractivity (Wildman–Crippen MR) is 142 cm³/mol. The van der Waals surface area contributed by atoms with Gasteiger partial charge >= 0.3 is 0 Å². The number of anilines is 1. The summed E-state index contributed by atoms with van der Waals surface area (Å²) >= 11 is 12.1. The quantitative estimate of drug-likeness (QED) is 0.170. The van der Waals surface area contributed by atoms with Crippen LogP contribution in [0.25, 0.3) is 10.8 Å². The Bertz CT molecular complexity index is 1690. The molecule has 4 rings (SSSR count). The van der Waals surface area contributed by atoms with E-state index in [4.69, 9.17) is 27.9 Å². The monoisotopic (exact) mass is 559 g/mol.